The van der Waals surface area contributed by atoms with E-state index in [0.717, 1.165) is 40.4 Å². The Bertz CT molecular complexity index is 1370. The Labute approximate surface area is 203 Å². The number of rotatable bonds is 7. The van der Waals surface area contributed by atoms with E-state index in [9.17, 15) is 28.1 Å². The molecule has 0 radical (unpaired) electrons. The molecule has 0 aliphatic heterocycles. The molecular formula is C22H14F3N3O5S2. The van der Waals surface area contributed by atoms with E-state index in [1.165, 1.54) is 24.3 Å². The number of benzene rings is 2. The molecule has 0 unspecified atom stereocenters. The van der Waals surface area contributed by atoms with Crippen molar-refractivity contribution in [3.8, 4) is 27.8 Å². The Morgan fingerprint density at radius 2 is 1.66 bits per heavy atom. The molecule has 1 N–H and O–H groups in total. The zero-order valence-corrected chi connectivity index (χ0v) is 19.3. The van der Waals surface area contributed by atoms with Crippen molar-refractivity contribution < 1.29 is 32.4 Å². The van der Waals surface area contributed by atoms with Gasteiger partial charge in [0.05, 0.1) is 9.80 Å². The van der Waals surface area contributed by atoms with Crippen molar-refractivity contribution in [1.82, 2.24) is 4.98 Å². The SMILES string of the molecule is Cc1ccc(-c2nc(NC(=O)c3ccc([N+](=O)[O-])s3)sc2Oc2ccc(OC(F)(F)F)cc2)cc1. The number of thiazole rings is 1. The number of nitrogens with one attached hydrogen (secondary N) is 1. The predicted octanol–water partition coefficient (Wildman–Crippen LogP) is 7.03. The summed E-state index contributed by atoms with van der Waals surface area (Å²) in [5.74, 6) is -0.748. The first-order valence-corrected chi connectivity index (χ1v) is 11.4. The maximum absolute atomic E-state index is 12.6. The van der Waals surface area contributed by atoms with E-state index in [4.69, 9.17) is 4.74 Å². The van der Waals surface area contributed by atoms with Crippen LogP contribution in [0, 0.1) is 17.0 Å². The molecule has 1 amide bonds. The molecule has 0 aliphatic rings. The molecule has 2 aromatic carbocycles. The summed E-state index contributed by atoms with van der Waals surface area (Å²) in [4.78, 5) is 27.4. The summed E-state index contributed by atoms with van der Waals surface area (Å²) < 4.78 is 46.9. The van der Waals surface area contributed by atoms with Crippen LogP contribution < -0.4 is 14.8 Å². The van der Waals surface area contributed by atoms with Gasteiger partial charge in [-0.05, 0) is 37.3 Å². The molecule has 0 aliphatic carbocycles. The Morgan fingerprint density at radius 3 is 2.26 bits per heavy atom. The van der Waals surface area contributed by atoms with Crippen molar-refractivity contribution in [2.45, 2.75) is 13.3 Å². The third-order valence-electron chi connectivity index (χ3n) is 4.40. The van der Waals surface area contributed by atoms with Gasteiger partial charge < -0.3 is 9.47 Å². The van der Waals surface area contributed by atoms with Crippen molar-refractivity contribution in [1.29, 1.82) is 0 Å². The number of alkyl halides is 3. The number of nitro groups is 1. The summed E-state index contributed by atoms with van der Waals surface area (Å²) in [7, 11) is 0. The summed E-state index contributed by atoms with van der Waals surface area (Å²) in [5.41, 5.74) is 2.10. The highest BCUT2D eigenvalue weighted by Gasteiger charge is 2.31. The fourth-order valence-corrected chi connectivity index (χ4v) is 4.42. The van der Waals surface area contributed by atoms with Crippen LogP contribution in [-0.2, 0) is 0 Å². The molecule has 35 heavy (non-hydrogen) atoms. The normalized spacial score (nSPS) is 11.2. The van der Waals surface area contributed by atoms with E-state index in [1.54, 1.807) is 0 Å². The number of aryl methyl sites for hydroxylation is 1. The van der Waals surface area contributed by atoms with Crippen LogP contribution in [0.3, 0.4) is 0 Å². The third kappa shape index (κ3) is 6.13. The number of anilines is 1. The van der Waals surface area contributed by atoms with Crippen molar-refractivity contribution in [3.05, 3.63) is 81.2 Å². The van der Waals surface area contributed by atoms with Crippen LogP contribution in [0.25, 0.3) is 11.3 Å². The van der Waals surface area contributed by atoms with E-state index in [1.807, 2.05) is 31.2 Å². The molecule has 13 heteroatoms. The first-order valence-electron chi connectivity index (χ1n) is 9.74. The van der Waals surface area contributed by atoms with E-state index < -0.39 is 22.9 Å². The highest BCUT2D eigenvalue weighted by molar-refractivity contribution is 7.19. The van der Waals surface area contributed by atoms with Crippen LogP contribution in [0.15, 0.2) is 60.7 Å². The lowest BCUT2D eigenvalue weighted by Gasteiger charge is -2.10. The number of amides is 1. The minimum absolute atomic E-state index is 0.131. The summed E-state index contributed by atoms with van der Waals surface area (Å²) in [6, 6.07) is 14.8. The highest BCUT2D eigenvalue weighted by atomic mass is 32.1. The molecular weight excluding hydrogens is 507 g/mol. The lowest BCUT2D eigenvalue weighted by Crippen LogP contribution is -2.16. The van der Waals surface area contributed by atoms with Gasteiger partial charge >= 0.3 is 11.4 Å². The van der Waals surface area contributed by atoms with Gasteiger partial charge in [-0.25, -0.2) is 4.98 Å². The average molecular weight is 521 g/mol. The Morgan fingerprint density at radius 1 is 1.00 bits per heavy atom. The van der Waals surface area contributed by atoms with Crippen LogP contribution in [0.2, 0.25) is 0 Å². The van der Waals surface area contributed by atoms with E-state index >= 15 is 0 Å². The van der Waals surface area contributed by atoms with Crippen molar-refractivity contribution in [2.75, 3.05) is 5.32 Å². The van der Waals surface area contributed by atoms with E-state index in [0.29, 0.717) is 11.3 Å². The van der Waals surface area contributed by atoms with Gasteiger partial charge in [0.25, 0.3) is 5.91 Å². The number of aromatic nitrogens is 1. The number of halogens is 3. The van der Waals surface area contributed by atoms with Gasteiger partial charge in [-0.3, -0.25) is 20.2 Å². The number of ether oxygens (including phenoxy) is 2. The molecule has 0 spiro atoms. The second-order valence-electron chi connectivity index (χ2n) is 6.99. The molecule has 180 valence electrons. The topological polar surface area (TPSA) is 104 Å². The first-order chi connectivity index (χ1) is 16.6. The highest BCUT2D eigenvalue weighted by Crippen LogP contribution is 2.41. The van der Waals surface area contributed by atoms with Crippen LogP contribution in [0.4, 0.5) is 23.3 Å². The second kappa shape index (κ2) is 9.72. The Balaban J connectivity index is 1.60. The predicted molar refractivity (Wildman–Crippen MR) is 124 cm³/mol. The minimum Gasteiger partial charge on any atom is -0.444 e. The third-order valence-corrected chi connectivity index (χ3v) is 6.29. The summed E-state index contributed by atoms with van der Waals surface area (Å²) in [6.45, 7) is 1.92. The molecule has 0 bridgehead atoms. The monoisotopic (exact) mass is 521 g/mol. The van der Waals surface area contributed by atoms with Crippen molar-refractivity contribution in [2.24, 2.45) is 0 Å². The van der Waals surface area contributed by atoms with Gasteiger partial charge in [0.15, 0.2) is 5.13 Å². The molecule has 2 heterocycles. The number of carbonyl (C=O) groups is 1. The molecule has 4 rings (SSSR count). The van der Waals surface area contributed by atoms with Crippen molar-refractivity contribution >= 4 is 38.7 Å². The number of hydrogen-bond donors (Lipinski definition) is 1. The van der Waals surface area contributed by atoms with Crippen LogP contribution in [0.1, 0.15) is 15.2 Å². The summed E-state index contributed by atoms with van der Waals surface area (Å²) in [5, 5.41) is 13.8. The van der Waals surface area contributed by atoms with Crippen LogP contribution >= 0.6 is 22.7 Å². The molecule has 2 aromatic heterocycles. The molecule has 0 saturated heterocycles. The van der Waals surface area contributed by atoms with Gasteiger partial charge in [0.2, 0.25) is 5.06 Å². The van der Waals surface area contributed by atoms with Crippen LogP contribution in [0.5, 0.6) is 16.6 Å². The molecule has 0 atom stereocenters. The van der Waals surface area contributed by atoms with E-state index in [-0.39, 0.29) is 25.8 Å². The first kappa shape index (κ1) is 24.2. The smallest absolute Gasteiger partial charge is 0.444 e. The maximum Gasteiger partial charge on any atom is 0.573 e. The Kier molecular flexibility index (Phi) is 6.71. The zero-order chi connectivity index (χ0) is 25.2. The molecule has 4 aromatic rings. The maximum atomic E-state index is 12.6. The van der Waals surface area contributed by atoms with Crippen molar-refractivity contribution in [3.63, 3.8) is 0 Å². The second-order valence-corrected chi connectivity index (χ2v) is 9.02. The number of thiophene rings is 1. The molecule has 8 nitrogen and oxygen atoms in total. The van der Waals surface area contributed by atoms with Gasteiger partial charge in [0, 0.05) is 11.6 Å². The lowest BCUT2D eigenvalue weighted by atomic mass is 10.1. The van der Waals surface area contributed by atoms with E-state index in [2.05, 4.69) is 15.0 Å². The average Bonchev–Trinajstić information content (AvgIpc) is 3.43. The summed E-state index contributed by atoms with van der Waals surface area (Å²) in [6.07, 6.45) is -4.81. The number of nitrogens with zero attached hydrogens (tertiary/aromatic N) is 2. The van der Waals surface area contributed by atoms with Crippen LogP contribution in [-0.4, -0.2) is 22.2 Å². The molecule has 0 saturated carbocycles. The van der Waals surface area contributed by atoms with Gasteiger partial charge in [-0.2, -0.15) is 0 Å². The standard InChI is InChI=1S/C22H14F3N3O5S2/c1-12-2-4-13(5-3-12)18-20(32-14-6-8-15(9-7-14)33-22(23,24)25)35-21(26-18)27-19(29)16-10-11-17(34-16)28(30)31/h2-11H,1H3,(H,26,27,29). The largest absolute Gasteiger partial charge is 0.573 e. The zero-order valence-electron chi connectivity index (χ0n) is 17.7. The minimum atomic E-state index is -4.81. The number of carbonyl (C=O) groups excluding carboxylic acids is 1. The molecule has 0 fully saturated rings. The van der Waals surface area contributed by atoms with Gasteiger partial charge in [0.1, 0.15) is 17.2 Å². The fraction of sp³-hybridized carbons (Fsp3) is 0.0909. The Hall–Kier alpha value is -3.97. The lowest BCUT2D eigenvalue weighted by molar-refractivity contribution is -0.380. The summed E-state index contributed by atoms with van der Waals surface area (Å²) >= 11 is 1.73. The fourth-order valence-electron chi connectivity index (χ4n) is 2.85. The number of hydrogen-bond acceptors (Lipinski definition) is 8. The van der Waals surface area contributed by atoms with Gasteiger partial charge in [-0.1, -0.05) is 52.5 Å². The van der Waals surface area contributed by atoms with Gasteiger partial charge in [-0.15, -0.1) is 13.2 Å². The quantitative estimate of drug-likeness (QED) is 0.207.